The fraction of sp³-hybridized carbons (Fsp3) is 0.375. The highest BCUT2D eigenvalue weighted by Crippen LogP contribution is 2.35. The van der Waals surface area contributed by atoms with Gasteiger partial charge in [0.1, 0.15) is 17.4 Å². The van der Waals surface area contributed by atoms with E-state index in [1.165, 1.54) is 12.1 Å². The van der Waals surface area contributed by atoms with Gasteiger partial charge in [-0.1, -0.05) is 23.7 Å². The van der Waals surface area contributed by atoms with Crippen molar-refractivity contribution in [3.63, 3.8) is 0 Å². The van der Waals surface area contributed by atoms with Gasteiger partial charge in [-0.3, -0.25) is 0 Å². The van der Waals surface area contributed by atoms with E-state index in [-0.39, 0.29) is 23.9 Å². The van der Waals surface area contributed by atoms with Crippen LogP contribution in [0.4, 0.5) is 9.18 Å². The lowest BCUT2D eigenvalue weighted by molar-refractivity contribution is 0.179. The largest absolute Gasteiger partial charge is 0.493 e. The number of likely N-dealkylation sites (tertiary alicyclic amines) is 1. The van der Waals surface area contributed by atoms with Gasteiger partial charge in [-0.05, 0) is 55.7 Å². The summed E-state index contributed by atoms with van der Waals surface area (Å²) < 4.78 is 21.5. The molecule has 7 nitrogen and oxygen atoms in total. The lowest BCUT2D eigenvalue weighted by Crippen LogP contribution is -2.43. The first-order valence-corrected chi connectivity index (χ1v) is 11.5. The molecule has 5 rings (SSSR count). The summed E-state index contributed by atoms with van der Waals surface area (Å²) in [4.78, 5) is 15.1. The van der Waals surface area contributed by atoms with Crippen LogP contribution in [0.25, 0.3) is 0 Å². The molecular weight excluding hydrogens is 445 g/mol. The molecule has 2 atom stereocenters. The first-order chi connectivity index (χ1) is 16.0. The van der Waals surface area contributed by atoms with Crippen LogP contribution in [0.5, 0.6) is 5.75 Å². The van der Waals surface area contributed by atoms with E-state index in [9.17, 15) is 9.18 Å². The Bertz CT molecular complexity index is 1170. The molecule has 0 radical (unpaired) electrons. The van der Waals surface area contributed by atoms with Crippen LogP contribution >= 0.6 is 11.6 Å². The molecule has 1 fully saturated rings. The average molecular weight is 470 g/mol. The number of aryl methyl sites for hydroxylation is 1. The molecule has 2 aromatic carbocycles. The molecule has 0 unspecified atom stereocenters. The van der Waals surface area contributed by atoms with Gasteiger partial charge in [0.2, 0.25) is 0 Å². The van der Waals surface area contributed by atoms with E-state index in [0.717, 1.165) is 30.1 Å². The van der Waals surface area contributed by atoms with Crippen LogP contribution in [-0.4, -0.2) is 38.8 Å². The van der Waals surface area contributed by atoms with Crippen molar-refractivity contribution in [3.05, 3.63) is 76.1 Å². The summed E-state index contributed by atoms with van der Waals surface area (Å²) >= 11 is 6.02. The van der Waals surface area contributed by atoms with Gasteiger partial charge < -0.3 is 19.5 Å². The molecule has 1 saturated heterocycles. The number of carbonyl (C=O) groups excluding carboxylic acids is 1. The normalized spacial score (nSPS) is 19.8. The van der Waals surface area contributed by atoms with Crippen molar-refractivity contribution in [3.8, 4) is 5.75 Å². The van der Waals surface area contributed by atoms with Crippen molar-refractivity contribution in [1.29, 1.82) is 0 Å². The van der Waals surface area contributed by atoms with Crippen molar-refractivity contribution < 1.29 is 13.9 Å². The molecule has 2 amide bonds. The zero-order chi connectivity index (χ0) is 22.9. The SMILES string of the molecule is Cc1nnc([C@H]2CCCN2C(=O)N[C@H]2CCOc3ccc(F)cc32)n1Cc1ccc(Cl)cc1. The molecule has 0 bridgehead atoms. The number of hydrogen-bond donors (Lipinski definition) is 1. The topological polar surface area (TPSA) is 72.3 Å². The number of rotatable bonds is 4. The van der Waals surface area contributed by atoms with Gasteiger partial charge >= 0.3 is 6.03 Å². The Morgan fingerprint density at radius 3 is 2.85 bits per heavy atom. The van der Waals surface area contributed by atoms with Crippen LogP contribution in [0.3, 0.4) is 0 Å². The number of carbonyl (C=O) groups is 1. The zero-order valence-electron chi connectivity index (χ0n) is 18.3. The molecule has 3 aromatic rings. The smallest absolute Gasteiger partial charge is 0.318 e. The third-order valence-electron chi connectivity index (χ3n) is 6.34. The summed E-state index contributed by atoms with van der Waals surface area (Å²) in [6, 6.07) is 11.4. The molecule has 0 saturated carbocycles. The van der Waals surface area contributed by atoms with E-state index in [1.54, 1.807) is 6.07 Å². The highest BCUT2D eigenvalue weighted by Gasteiger charge is 2.35. The summed E-state index contributed by atoms with van der Waals surface area (Å²) in [5, 5.41) is 12.5. The van der Waals surface area contributed by atoms with Crippen LogP contribution in [-0.2, 0) is 6.54 Å². The van der Waals surface area contributed by atoms with Gasteiger partial charge in [-0.15, -0.1) is 10.2 Å². The predicted octanol–water partition coefficient (Wildman–Crippen LogP) is 4.80. The second-order valence-electron chi connectivity index (χ2n) is 8.49. The van der Waals surface area contributed by atoms with Gasteiger partial charge in [0.05, 0.1) is 25.2 Å². The van der Waals surface area contributed by atoms with E-state index in [2.05, 4.69) is 20.1 Å². The van der Waals surface area contributed by atoms with E-state index in [0.29, 0.717) is 42.5 Å². The maximum atomic E-state index is 13.8. The minimum Gasteiger partial charge on any atom is -0.493 e. The summed E-state index contributed by atoms with van der Waals surface area (Å²) in [6.45, 7) is 3.62. The first-order valence-electron chi connectivity index (χ1n) is 11.1. The number of nitrogens with one attached hydrogen (secondary N) is 1. The molecule has 1 N–H and O–H groups in total. The van der Waals surface area contributed by atoms with Crippen LogP contribution < -0.4 is 10.1 Å². The Balaban J connectivity index is 1.36. The third-order valence-corrected chi connectivity index (χ3v) is 6.59. The third kappa shape index (κ3) is 4.39. The standard InChI is InChI=1S/C24H25ClFN5O2/c1-15-28-29-23(31(15)14-16-4-6-17(25)7-5-16)21-3-2-11-30(21)24(32)27-20-10-12-33-22-9-8-18(26)13-19(20)22/h4-9,13,20-21H,2-3,10-12,14H2,1H3,(H,27,32)/t20-,21+/m0/s1. The summed E-state index contributed by atoms with van der Waals surface area (Å²) in [5.74, 6) is 1.84. The highest BCUT2D eigenvalue weighted by atomic mass is 35.5. The maximum absolute atomic E-state index is 13.8. The molecule has 2 aliphatic heterocycles. The number of nitrogens with zero attached hydrogens (tertiary/aromatic N) is 4. The quantitative estimate of drug-likeness (QED) is 0.596. The van der Waals surface area contributed by atoms with Gasteiger partial charge in [0.15, 0.2) is 5.82 Å². The second-order valence-corrected chi connectivity index (χ2v) is 8.93. The van der Waals surface area contributed by atoms with Gasteiger partial charge in [0.25, 0.3) is 0 Å². The van der Waals surface area contributed by atoms with Crippen molar-refractivity contribution in [2.24, 2.45) is 0 Å². The van der Waals surface area contributed by atoms with Crippen molar-refractivity contribution in [2.45, 2.75) is 44.8 Å². The Morgan fingerprint density at radius 2 is 2.03 bits per heavy atom. The molecule has 33 heavy (non-hydrogen) atoms. The average Bonchev–Trinajstić information content (AvgIpc) is 3.43. The summed E-state index contributed by atoms with van der Waals surface area (Å²) in [6.07, 6.45) is 2.28. The zero-order valence-corrected chi connectivity index (χ0v) is 19.1. The van der Waals surface area contributed by atoms with E-state index in [4.69, 9.17) is 16.3 Å². The number of benzene rings is 2. The monoisotopic (exact) mass is 469 g/mol. The minimum atomic E-state index is -0.344. The summed E-state index contributed by atoms with van der Waals surface area (Å²) in [5.41, 5.74) is 1.76. The second kappa shape index (κ2) is 9.02. The van der Waals surface area contributed by atoms with Crippen LogP contribution in [0.1, 0.15) is 54.1 Å². The molecular formula is C24H25ClFN5O2. The van der Waals surface area contributed by atoms with Gasteiger partial charge in [-0.2, -0.15) is 0 Å². The number of urea groups is 1. The number of ether oxygens (including phenoxy) is 1. The van der Waals surface area contributed by atoms with Crippen molar-refractivity contribution in [1.82, 2.24) is 25.0 Å². The molecule has 1 aromatic heterocycles. The number of amides is 2. The minimum absolute atomic E-state index is 0.176. The maximum Gasteiger partial charge on any atom is 0.318 e. The number of hydrogen-bond acceptors (Lipinski definition) is 4. The number of fused-ring (bicyclic) bond motifs is 1. The predicted molar refractivity (Wildman–Crippen MR) is 122 cm³/mol. The molecule has 2 aliphatic rings. The molecule has 3 heterocycles. The first kappa shape index (κ1) is 21.7. The van der Waals surface area contributed by atoms with Crippen LogP contribution in [0.2, 0.25) is 5.02 Å². The molecule has 0 aliphatic carbocycles. The van der Waals surface area contributed by atoms with Gasteiger partial charge in [-0.25, -0.2) is 9.18 Å². The summed E-state index contributed by atoms with van der Waals surface area (Å²) in [7, 11) is 0. The van der Waals surface area contributed by atoms with Crippen LogP contribution in [0.15, 0.2) is 42.5 Å². The van der Waals surface area contributed by atoms with E-state index in [1.807, 2.05) is 36.1 Å². The lowest BCUT2D eigenvalue weighted by Gasteiger charge is -2.30. The van der Waals surface area contributed by atoms with Gasteiger partial charge in [0, 0.05) is 23.6 Å². The Labute approximate surface area is 196 Å². The number of halogens is 2. The van der Waals surface area contributed by atoms with Crippen molar-refractivity contribution in [2.75, 3.05) is 13.2 Å². The Hall–Kier alpha value is -3.13. The fourth-order valence-electron chi connectivity index (χ4n) is 4.64. The molecule has 172 valence electrons. The Morgan fingerprint density at radius 1 is 1.21 bits per heavy atom. The molecule has 9 heteroatoms. The van der Waals surface area contributed by atoms with E-state index < -0.39 is 0 Å². The number of aromatic nitrogens is 3. The fourth-order valence-corrected chi connectivity index (χ4v) is 4.76. The Kier molecular flexibility index (Phi) is 5.93. The van der Waals surface area contributed by atoms with Crippen LogP contribution in [0, 0.1) is 12.7 Å². The van der Waals surface area contributed by atoms with Crippen molar-refractivity contribution >= 4 is 17.6 Å². The lowest BCUT2D eigenvalue weighted by atomic mass is 10.0. The van der Waals surface area contributed by atoms with E-state index >= 15 is 0 Å². The molecule has 0 spiro atoms. The highest BCUT2D eigenvalue weighted by molar-refractivity contribution is 6.30.